The summed E-state index contributed by atoms with van der Waals surface area (Å²) in [6, 6.07) is 13.9. The van der Waals surface area contributed by atoms with Crippen LogP contribution in [0.4, 0.5) is 0 Å². The molecule has 5 heteroatoms. The summed E-state index contributed by atoms with van der Waals surface area (Å²) < 4.78 is 0. The van der Waals surface area contributed by atoms with Gasteiger partial charge in [0, 0.05) is 12.5 Å². The number of aromatic nitrogens is 1. The normalized spacial score (nSPS) is 15.4. The highest BCUT2D eigenvalue weighted by Gasteiger charge is 2.30. The fourth-order valence-electron chi connectivity index (χ4n) is 2.87. The molecule has 1 aromatic heterocycles. The number of nitrogens with zero attached hydrogens (tertiary/aromatic N) is 1. The number of rotatable bonds is 5. The maximum Gasteiger partial charge on any atom is 0.263 e. The average Bonchev–Trinajstić information content (AvgIpc) is 3.35. The van der Waals surface area contributed by atoms with Crippen LogP contribution in [0.2, 0.25) is 0 Å². The van der Waals surface area contributed by atoms with Crippen molar-refractivity contribution in [3.8, 4) is 0 Å². The van der Waals surface area contributed by atoms with Gasteiger partial charge in [0.1, 0.15) is 4.88 Å². The van der Waals surface area contributed by atoms with Gasteiger partial charge in [-0.15, -0.1) is 11.3 Å². The van der Waals surface area contributed by atoms with Crippen LogP contribution in [-0.4, -0.2) is 22.5 Å². The minimum absolute atomic E-state index is 0.140. The number of hydrogen-bond acceptors (Lipinski definition) is 4. The monoisotopic (exact) mass is 338 g/mol. The molecule has 0 spiro atoms. The molecule has 1 heterocycles. The van der Waals surface area contributed by atoms with Crippen molar-refractivity contribution in [1.29, 1.82) is 0 Å². The highest BCUT2D eigenvalue weighted by molar-refractivity contribution is 7.11. The third kappa shape index (κ3) is 3.05. The molecule has 1 fully saturated rings. The molecule has 2 aromatic carbocycles. The van der Waals surface area contributed by atoms with E-state index in [0.29, 0.717) is 10.8 Å². The molecule has 0 bridgehead atoms. The molecule has 1 unspecified atom stereocenters. The largest absolute Gasteiger partial charge is 0.387 e. The summed E-state index contributed by atoms with van der Waals surface area (Å²) in [5.74, 6) is 0.307. The third-order valence-electron chi connectivity index (χ3n) is 4.38. The number of fused-ring (bicyclic) bond motifs is 1. The zero-order chi connectivity index (χ0) is 16.5. The average molecular weight is 338 g/mol. The van der Waals surface area contributed by atoms with Gasteiger partial charge >= 0.3 is 0 Å². The van der Waals surface area contributed by atoms with Crippen LogP contribution in [0.5, 0.6) is 0 Å². The number of thiazole rings is 1. The molecule has 4 rings (SSSR count). The van der Waals surface area contributed by atoms with E-state index >= 15 is 0 Å². The molecule has 1 amide bonds. The Balaban J connectivity index is 1.44. The summed E-state index contributed by atoms with van der Waals surface area (Å²) in [7, 11) is 0. The molecule has 1 atom stereocenters. The van der Waals surface area contributed by atoms with E-state index in [-0.39, 0.29) is 12.5 Å². The van der Waals surface area contributed by atoms with Crippen LogP contribution in [-0.2, 0) is 0 Å². The van der Waals surface area contributed by atoms with Gasteiger partial charge in [-0.25, -0.2) is 4.98 Å². The summed E-state index contributed by atoms with van der Waals surface area (Å²) in [4.78, 5) is 17.4. The molecule has 0 aliphatic heterocycles. The van der Waals surface area contributed by atoms with Gasteiger partial charge in [0.2, 0.25) is 0 Å². The smallest absolute Gasteiger partial charge is 0.263 e. The number of benzene rings is 2. The zero-order valence-corrected chi connectivity index (χ0v) is 13.9. The van der Waals surface area contributed by atoms with Gasteiger partial charge in [0.25, 0.3) is 5.91 Å². The molecule has 1 aliphatic carbocycles. The van der Waals surface area contributed by atoms with Crippen molar-refractivity contribution in [2.75, 3.05) is 6.54 Å². The van der Waals surface area contributed by atoms with Crippen LogP contribution in [0.25, 0.3) is 10.8 Å². The minimum Gasteiger partial charge on any atom is -0.387 e. The number of aliphatic hydroxyl groups is 1. The van der Waals surface area contributed by atoms with Gasteiger partial charge < -0.3 is 10.4 Å². The Morgan fingerprint density at radius 3 is 2.83 bits per heavy atom. The van der Waals surface area contributed by atoms with Gasteiger partial charge in [-0.2, -0.15) is 0 Å². The Morgan fingerprint density at radius 1 is 1.25 bits per heavy atom. The van der Waals surface area contributed by atoms with Crippen molar-refractivity contribution < 1.29 is 9.90 Å². The van der Waals surface area contributed by atoms with Gasteiger partial charge in [0.05, 0.1) is 17.3 Å². The Morgan fingerprint density at radius 2 is 2.04 bits per heavy atom. The van der Waals surface area contributed by atoms with Gasteiger partial charge in [-0.05, 0) is 35.2 Å². The summed E-state index contributed by atoms with van der Waals surface area (Å²) in [5, 5.41) is 15.4. The Kier molecular flexibility index (Phi) is 4.04. The second kappa shape index (κ2) is 6.34. The number of amides is 1. The predicted molar refractivity (Wildman–Crippen MR) is 95.3 cm³/mol. The number of carbonyl (C=O) groups is 1. The topological polar surface area (TPSA) is 62.2 Å². The first-order valence-corrected chi connectivity index (χ1v) is 8.98. The Bertz CT molecular complexity index is 886. The molecule has 3 aromatic rings. The van der Waals surface area contributed by atoms with Crippen molar-refractivity contribution in [2.45, 2.75) is 24.9 Å². The lowest BCUT2D eigenvalue weighted by molar-refractivity contribution is 0.0919. The molecular formula is C19H18N2O2S. The first-order chi connectivity index (χ1) is 11.7. The van der Waals surface area contributed by atoms with E-state index < -0.39 is 6.10 Å². The maximum absolute atomic E-state index is 12.4. The SMILES string of the molecule is O=C(NCC(O)c1ccc2ccccc2c1)c1scnc1C1CC1. The molecule has 1 saturated carbocycles. The van der Waals surface area contributed by atoms with Crippen molar-refractivity contribution >= 4 is 28.0 Å². The number of aliphatic hydroxyl groups excluding tert-OH is 1. The summed E-state index contributed by atoms with van der Waals surface area (Å²) in [5.41, 5.74) is 3.45. The van der Waals surface area contributed by atoms with Crippen LogP contribution in [0.1, 0.15) is 45.8 Å². The number of nitrogens with one attached hydrogen (secondary N) is 1. The van der Waals surface area contributed by atoms with E-state index in [1.54, 1.807) is 5.51 Å². The van der Waals surface area contributed by atoms with Gasteiger partial charge in [-0.3, -0.25) is 4.79 Å². The highest BCUT2D eigenvalue weighted by Crippen LogP contribution is 2.41. The molecule has 1 aliphatic rings. The standard InChI is InChI=1S/C19H18N2O2S/c22-16(15-8-5-12-3-1-2-4-14(12)9-15)10-20-19(23)18-17(13-6-7-13)21-11-24-18/h1-5,8-9,11,13,16,22H,6-7,10H2,(H,20,23). The summed E-state index contributed by atoms with van der Waals surface area (Å²) in [6.45, 7) is 0.194. The highest BCUT2D eigenvalue weighted by atomic mass is 32.1. The maximum atomic E-state index is 12.4. The van der Waals surface area contributed by atoms with Gasteiger partial charge in [0.15, 0.2) is 0 Å². The van der Waals surface area contributed by atoms with Crippen molar-refractivity contribution in [1.82, 2.24) is 10.3 Å². The zero-order valence-electron chi connectivity index (χ0n) is 13.1. The second-order valence-electron chi connectivity index (χ2n) is 6.17. The first-order valence-electron chi connectivity index (χ1n) is 8.10. The molecule has 0 saturated heterocycles. The fourth-order valence-corrected chi connectivity index (χ4v) is 3.67. The molecular weight excluding hydrogens is 320 g/mol. The van der Waals surface area contributed by atoms with E-state index in [1.165, 1.54) is 11.3 Å². The lowest BCUT2D eigenvalue weighted by Crippen LogP contribution is -2.28. The fraction of sp³-hybridized carbons (Fsp3) is 0.263. The van der Waals surface area contributed by atoms with E-state index in [4.69, 9.17) is 0 Å². The summed E-state index contributed by atoms with van der Waals surface area (Å²) >= 11 is 1.37. The van der Waals surface area contributed by atoms with Crippen molar-refractivity contribution in [3.05, 3.63) is 64.1 Å². The summed E-state index contributed by atoms with van der Waals surface area (Å²) in [6.07, 6.45) is 1.50. The van der Waals surface area contributed by atoms with Gasteiger partial charge in [-0.1, -0.05) is 36.4 Å². The third-order valence-corrected chi connectivity index (χ3v) is 5.22. The van der Waals surface area contributed by atoms with Crippen LogP contribution in [0, 0.1) is 0 Å². The minimum atomic E-state index is -0.726. The lowest BCUT2D eigenvalue weighted by Gasteiger charge is -2.13. The lowest BCUT2D eigenvalue weighted by atomic mass is 10.0. The molecule has 122 valence electrons. The van der Waals surface area contributed by atoms with Crippen molar-refractivity contribution in [3.63, 3.8) is 0 Å². The Hall–Kier alpha value is -2.24. The second-order valence-corrected chi connectivity index (χ2v) is 7.03. The van der Waals surface area contributed by atoms with E-state index in [2.05, 4.69) is 10.3 Å². The van der Waals surface area contributed by atoms with Crippen LogP contribution in [0.3, 0.4) is 0 Å². The van der Waals surface area contributed by atoms with E-state index in [9.17, 15) is 9.90 Å². The predicted octanol–water partition coefficient (Wildman–Crippen LogP) is 3.64. The van der Waals surface area contributed by atoms with Crippen LogP contribution < -0.4 is 5.32 Å². The molecule has 2 N–H and O–H groups in total. The molecule has 0 radical (unpaired) electrons. The van der Waals surface area contributed by atoms with E-state index in [1.807, 2.05) is 42.5 Å². The quantitative estimate of drug-likeness (QED) is 0.747. The van der Waals surface area contributed by atoms with E-state index in [0.717, 1.165) is 34.9 Å². The molecule has 24 heavy (non-hydrogen) atoms. The number of carbonyl (C=O) groups excluding carboxylic acids is 1. The number of hydrogen-bond donors (Lipinski definition) is 2. The molecule has 4 nitrogen and oxygen atoms in total. The van der Waals surface area contributed by atoms with Crippen molar-refractivity contribution in [2.24, 2.45) is 0 Å². The Labute approximate surface area is 144 Å². The first kappa shape index (κ1) is 15.3. The van der Waals surface area contributed by atoms with Crippen LogP contribution >= 0.6 is 11.3 Å². The van der Waals surface area contributed by atoms with Crippen LogP contribution in [0.15, 0.2) is 48.0 Å².